The number of hydrogen-bond acceptors (Lipinski definition) is 2. The largest absolute Gasteiger partial charge is 0.391 e. The number of rotatable bonds is 2. The highest BCUT2D eigenvalue weighted by Gasteiger charge is 2.17. The van der Waals surface area contributed by atoms with Gasteiger partial charge in [-0.15, -0.1) is 0 Å². The molecule has 2 atom stereocenters. The van der Waals surface area contributed by atoms with Gasteiger partial charge in [0.1, 0.15) is 0 Å². The number of aliphatic hydroxyl groups is 1. The SMILES string of the molecule is CC1=CCC#CC([C@H](O)CC#N)C1. The van der Waals surface area contributed by atoms with Gasteiger partial charge in [0.2, 0.25) is 0 Å². The fraction of sp³-hybridized carbons (Fsp3) is 0.545. The summed E-state index contributed by atoms with van der Waals surface area (Å²) < 4.78 is 0. The Morgan fingerprint density at radius 2 is 2.62 bits per heavy atom. The van der Waals surface area contributed by atoms with E-state index in [1.165, 1.54) is 5.57 Å². The van der Waals surface area contributed by atoms with Crippen molar-refractivity contribution in [1.29, 1.82) is 5.26 Å². The minimum absolute atomic E-state index is 0.0570. The first kappa shape index (κ1) is 9.84. The normalized spacial score (nSPS) is 23.2. The third kappa shape index (κ3) is 2.93. The lowest BCUT2D eigenvalue weighted by Crippen LogP contribution is -2.18. The van der Waals surface area contributed by atoms with Crippen molar-refractivity contribution < 1.29 is 5.11 Å². The first-order valence-electron chi connectivity index (χ1n) is 4.43. The van der Waals surface area contributed by atoms with Gasteiger partial charge in [-0.25, -0.2) is 0 Å². The highest BCUT2D eigenvalue weighted by atomic mass is 16.3. The number of hydrogen-bond donors (Lipinski definition) is 1. The predicted octanol–water partition coefficient (Wildman–Crippen LogP) is 1.62. The molecule has 0 heterocycles. The van der Waals surface area contributed by atoms with Gasteiger partial charge in [0.05, 0.1) is 24.5 Å². The third-order valence-electron chi connectivity index (χ3n) is 2.15. The molecule has 1 rings (SSSR count). The zero-order valence-electron chi connectivity index (χ0n) is 7.75. The van der Waals surface area contributed by atoms with Crippen LogP contribution in [0.3, 0.4) is 0 Å². The summed E-state index contributed by atoms with van der Waals surface area (Å²) in [6.07, 6.45) is 3.20. The van der Waals surface area contributed by atoms with E-state index in [-0.39, 0.29) is 12.3 Å². The molecule has 0 radical (unpaired) electrons. The summed E-state index contributed by atoms with van der Waals surface area (Å²) in [7, 11) is 0. The van der Waals surface area contributed by atoms with Crippen LogP contribution in [-0.4, -0.2) is 11.2 Å². The Morgan fingerprint density at radius 1 is 1.85 bits per heavy atom. The van der Waals surface area contributed by atoms with Crippen LogP contribution in [0.4, 0.5) is 0 Å². The second-order valence-corrected chi connectivity index (χ2v) is 3.32. The Bertz CT molecular complexity index is 300. The molecular formula is C11H13NO. The molecule has 1 unspecified atom stereocenters. The van der Waals surface area contributed by atoms with Crippen LogP contribution in [-0.2, 0) is 0 Å². The molecule has 68 valence electrons. The van der Waals surface area contributed by atoms with Gasteiger partial charge in [-0.05, 0) is 13.3 Å². The highest BCUT2D eigenvalue weighted by Crippen LogP contribution is 2.19. The maximum absolute atomic E-state index is 9.56. The number of allylic oxidation sites excluding steroid dienone is 2. The molecule has 0 aromatic carbocycles. The van der Waals surface area contributed by atoms with E-state index in [0.717, 1.165) is 12.8 Å². The molecule has 0 fully saturated rings. The van der Waals surface area contributed by atoms with Crippen LogP contribution in [0.15, 0.2) is 11.6 Å². The second kappa shape index (κ2) is 4.70. The van der Waals surface area contributed by atoms with Gasteiger partial charge in [0, 0.05) is 6.42 Å². The van der Waals surface area contributed by atoms with Gasteiger partial charge in [-0.2, -0.15) is 5.26 Å². The Morgan fingerprint density at radius 3 is 3.31 bits per heavy atom. The second-order valence-electron chi connectivity index (χ2n) is 3.32. The maximum Gasteiger partial charge on any atom is 0.0810 e. The van der Waals surface area contributed by atoms with Crippen LogP contribution in [0.2, 0.25) is 0 Å². The molecule has 0 saturated carbocycles. The Hall–Kier alpha value is -1.25. The molecule has 0 aliphatic heterocycles. The van der Waals surface area contributed by atoms with E-state index in [9.17, 15) is 5.11 Å². The quantitative estimate of drug-likeness (QED) is 0.512. The Labute approximate surface area is 78.9 Å². The lowest BCUT2D eigenvalue weighted by atomic mass is 9.94. The molecule has 13 heavy (non-hydrogen) atoms. The fourth-order valence-corrected chi connectivity index (χ4v) is 1.36. The van der Waals surface area contributed by atoms with E-state index >= 15 is 0 Å². The van der Waals surface area contributed by atoms with Gasteiger partial charge >= 0.3 is 0 Å². The summed E-state index contributed by atoms with van der Waals surface area (Å²) in [5.74, 6) is 5.91. The maximum atomic E-state index is 9.56. The summed E-state index contributed by atoms with van der Waals surface area (Å²) >= 11 is 0. The van der Waals surface area contributed by atoms with Crippen molar-refractivity contribution in [3.8, 4) is 17.9 Å². The highest BCUT2D eigenvalue weighted by molar-refractivity contribution is 5.19. The predicted molar refractivity (Wildman–Crippen MR) is 50.5 cm³/mol. The van der Waals surface area contributed by atoms with Gasteiger partial charge in [0.25, 0.3) is 0 Å². The molecule has 0 amide bonds. The van der Waals surface area contributed by atoms with E-state index in [0.29, 0.717) is 0 Å². The van der Waals surface area contributed by atoms with E-state index in [2.05, 4.69) is 17.9 Å². The number of nitrogens with zero attached hydrogens (tertiary/aromatic N) is 1. The molecule has 2 nitrogen and oxygen atoms in total. The smallest absolute Gasteiger partial charge is 0.0810 e. The molecule has 0 spiro atoms. The lowest BCUT2D eigenvalue weighted by molar-refractivity contribution is 0.138. The van der Waals surface area contributed by atoms with Crippen molar-refractivity contribution in [3.05, 3.63) is 11.6 Å². The summed E-state index contributed by atoms with van der Waals surface area (Å²) in [6, 6.07) is 1.96. The summed E-state index contributed by atoms with van der Waals surface area (Å²) in [4.78, 5) is 0. The molecule has 0 saturated heterocycles. The summed E-state index contributed by atoms with van der Waals surface area (Å²) in [5.41, 5.74) is 1.24. The van der Waals surface area contributed by atoms with Crippen LogP contribution in [0, 0.1) is 29.1 Å². The van der Waals surface area contributed by atoms with Gasteiger partial charge in [-0.3, -0.25) is 0 Å². The third-order valence-corrected chi connectivity index (χ3v) is 2.15. The van der Waals surface area contributed by atoms with Gasteiger partial charge < -0.3 is 5.11 Å². The molecule has 1 aliphatic carbocycles. The topological polar surface area (TPSA) is 44.0 Å². The molecule has 2 heteroatoms. The number of nitriles is 1. The minimum Gasteiger partial charge on any atom is -0.391 e. The van der Waals surface area contributed by atoms with Crippen molar-refractivity contribution in [2.75, 3.05) is 0 Å². The van der Waals surface area contributed by atoms with Gasteiger partial charge in [-0.1, -0.05) is 23.5 Å². The minimum atomic E-state index is -0.598. The standard InChI is InChI=1S/C11H13NO/c1-9-4-2-3-5-10(8-9)11(13)6-7-12/h4,10-11,13H,2,6,8H2,1H3/t10?,11-/m1/s1. The van der Waals surface area contributed by atoms with Crippen molar-refractivity contribution in [2.24, 2.45) is 5.92 Å². The van der Waals surface area contributed by atoms with Crippen molar-refractivity contribution in [1.82, 2.24) is 0 Å². The molecule has 1 N–H and O–H groups in total. The summed E-state index contributed by atoms with van der Waals surface area (Å²) in [5, 5.41) is 18.0. The number of aliphatic hydroxyl groups excluding tert-OH is 1. The Kier molecular flexibility index (Phi) is 3.55. The molecule has 1 aliphatic rings. The summed E-state index contributed by atoms with van der Waals surface area (Å²) in [6.45, 7) is 2.03. The first-order valence-corrected chi connectivity index (χ1v) is 4.43. The molecule has 0 bridgehead atoms. The molecule has 0 aromatic rings. The van der Waals surface area contributed by atoms with Crippen molar-refractivity contribution in [2.45, 2.75) is 32.3 Å². The van der Waals surface area contributed by atoms with E-state index in [1.54, 1.807) is 0 Å². The van der Waals surface area contributed by atoms with Crippen LogP contribution < -0.4 is 0 Å². The average molecular weight is 175 g/mol. The van der Waals surface area contributed by atoms with Crippen LogP contribution in [0.5, 0.6) is 0 Å². The van der Waals surface area contributed by atoms with Gasteiger partial charge in [0.15, 0.2) is 0 Å². The van der Waals surface area contributed by atoms with E-state index in [4.69, 9.17) is 5.26 Å². The van der Waals surface area contributed by atoms with E-state index < -0.39 is 6.10 Å². The lowest BCUT2D eigenvalue weighted by Gasteiger charge is -2.14. The first-order chi connectivity index (χ1) is 6.24. The molecule has 0 aromatic heterocycles. The Balaban J connectivity index is 2.63. The average Bonchev–Trinajstić information content (AvgIpc) is 2.30. The van der Waals surface area contributed by atoms with Crippen LogP contribution in [0.1, 0.15) is 26.2 Å². The van der Waals surface area contributed by atoms with Crippen LogP contribution in [0.25, 0.3) is 0 Å². The van der Waals surface area contributed by atoms with Crippen molar-refractivity contribution in [3.63, 3.8) is 0 Å². The zero-order valence-corrected chi connectivity index (χ0v) is 7.75. The monoisotopic (exact) mass is 175 g/mol. The fourth-order valence-electron chi connectivity index (χ4n) is 1.36. The van der Waals surface area contributed by atoms with Crippen LogP contribution >= 0.6 is 0 Å². The van der Waals surface area contributed by atoms with E-state index in [1.807, 2.05) is 13.0 Å². The zero-order chi connectivity index (χ0) is 9.68. The molecular weight excluding hydrogens is 162 g/mol. The van der Waals surface area contributed by atoms with Crippen molar-refractivity contribution >= 4 is 0 Å².